The van der Waals surface area contributed by atoms with Crippen LogP contribution in [0.3, 0.4) is 0 Å². The zero-order valence-corrected chi connectivity index (χ0v) is 13.8. The Morgan fingerprint density at radius 1 is 1.58 bits per heavy atom. The molecule has 1 aliphatic heterocycles. The Labute approximate surface area is 127 Å². The quantitative estimate of drug-likeness (QED) is 0.745. The maximum atomic E-state index is 12.1. The van der Waals surface area contributed by atoms with Gasteiger partial charge in [-0.3, -0.25) is 14.3 Å². The van der Waals surface area contributed by atoms with Gasteiger partial charge in [-0.15, -0.1) is 0 Å². The Bertz CT molecular complexity index is 501. The first kappa shape index (κ1) is 14.9. The fourth-order valence-corrected chi connectivity index (χ4v) is 2.67. The third-order valence-corrected chi connectivity index (χ3v) is 4.70. The molecule has 2 heterocycles. The van der Waals surface area contributed by atoms with Crippen LogP contribution in [0.15, 0.2) is 11.1 Å². The average Bonchev–Trinajstić information content (AvgIpc) is 2.40. The van der Waals surface area contributed by atoms with E-state index >= 15 is 0 Å². The van der Waals surface area contributed by atoms with Crippen molar-refractivity contribution in [2.24, 2.45) is 0 Å². The first-order chi connectivity index (χ1) is 8.99. The predicted octanol–water partition coefficient (Wildman–Crippen LogP) is 1.27. The van der Waals surface area contributed by atoms with Crippen molar-refractivity contribution >= 4 is 22.6 Å². The molecule has 0 radical (unpaired) electrons. The fourth-order valence-electron chi connectivity index (χ4n) is 2.22. The Hall–Kier alpha value is -0.470. The minimum Gasteiger partial charge on any atom is -0.374 e. The number of hydrogen-bond donors (Lipinski definition) is 0. The SMILES string of the molecule is Cc1ncn(CC2CN(C(C)C)CCO2)c(=O)c1I. The number of hydrogen-bond acceptors (Lipinski definition) is 4. The summed E-state index contributed by atoms with van der Waals surface area (Å²) in [5.74, 6) is 0. The zero-order chi connectivity index (χ0) is 14.0. The number of aryl methyl sites for hydroxylation is 1. The molecule has 0 aliphatic carbocycles. The van der Waals surface area contributed by atoms with Crippen molar-refractivity contribution in [3.05, 3.63) is 25.9 Å². The van der Waals surface area contributed by atoms with Crippen molar-refractivity contribution < 1.29 is 4.74 Å². The first-order valence-electron chi connectivity index (χ1n) is 6.56. The minimum absolute atomic E-state index is 0.0263. The van der Waals surface area contributed by atoms with E-state index in [9.17, 15) is 4.79 Å². The van der Waals surface area contributed by atoms with E-state index in [1.54, 1.807) is 10.9 Å². The summed E-state index contributed by atoms with van der Waals surface area (Å²) < 4.78 is 8.10. The lowest BCUT2D eigenvalue weighted by atomic mass is 10.2. The molecule has 1 aliphatic rings. The van der Waals surface area contributed by atoms with Gasteiger partial charge in [-0.05, 0) is 43.4 Å². The van der Waals surface area contributed by atoms with E-state index in [1.807, 2.05) is 6.92 Å². The number of morpholine rings is 1. The Morgan fingerprint density at radius 3 is 3.00 bits per heavy atom. The summed E-state index contributed by atoms with van der Waals surface area (Å²) >= 11 is 2.06. The van der Waals surface area contributed by atoms with Crippen LogP contribution in [0.4, 0.5) is 0 Å². The molecule has 1 aromatic rings. The highest BCUT2D eigenvalue weighted by Crippen LogP contribution is 2.10. The molecule has 1 atom stereocenters. The standard InChI is InChI=1S/C13H20IN3O2/c1-9(2)16-4-5-19-11(6-16)7-17-8-15-10(3)12(14)13(17)18/h8-9,11H,4-7H2,1-3H3. The van der Waals surface area contributed by atoms with Crippen molar-refractivity contribution in [2.45, 2.75) is 39.5 Å². The molecule has 0 bridgehead atoms. The molecule has 1 fully saturated rings. The van der Waals surface area contributed by atoms with Crippen molar-refractivity contribution in [3.63, 3.8) is 0 Å². The van der Waals surface area contributed by atoms with Gasteiger partial charge in [0.1, 0.15) is 0 Å². The second-order valence-electron chi connectivity index (χ2n) is 5.18. The lowest BCUT2D eigenvalue weighted by molar-refractivity contribution is -0.0461. The molecule has 1 unspecified atom stereocenters. The van der Waals surface area contributed by atoms with Gasteiger partial charge < -0.3 is 4.74 Å². The Balaban J connectivity index is 2.09. The van der Waals surface area contributed by atoms with E-state index in [1.165, 1.54) is 0 Å². The van der Waals surface area contributed by atoms with Crippen molar-refractivity contribution in [1.82, 2.24) is 14.5 Å². The van der Waals surface area contributed by atoms with Gasteiger partial charge in [0.15, 0.2) is 0 Å². The lowest BCUT2D eigenvalue weighted by Crippen LogP contribution is -2.48. The Kier molecular flexibility index (Phi) is 4.97. The van der Waals surface area contributed by atoms with Gasteiger partial charge >= 0.3 is 0 Å². The van der Waals surface area contributed by atoms with Gasteiger partial charge in [0.05, 0.1) is 34.8 Å². The van der Waals surface area contributed by atoms with Crippen LogP contribution in [0.5, 0.6) is 0 Å². The maximum absolute atomic E-state index is 12.1. The molecule has 1 saturated heterocycles. The molecule has 106 valence electrons. The highest BCUT2D eigenvalue weighted by molar-refractivity contribution is 14.1. The van der Waals surface area contributed by atoms with Crippen LogP contribution in [-0.4, -0.2) is 46.3 Å². The van der Waals surface area contributed by atoms with Crippen molar-refractivity contribution in [1.29, 1.82) is 0 Å². The van der Waals surface area contributed by atoms with Gasteiger partial charge in [0, 0.05) is 19.1 Å². The van der Waals surface area contributed by atoms with Crippen LogP contribution in [0, 0.1) is 10.5 Å². The second kappa shape index (κ2) is 6.32. The molecular formula is C13H20IN3O2. The third kappa shape index (κ3) is 3.55. The number of nitrogens with zero attached hydrogens (tertiary/aromatic N) is 3. The molecule has 1 aromatic heterocycles. The van der Waals surface area contributed by atoms with Gasteiger partial charge in [-0.25, -0.2) is 4.98 Å². The minimum atomic E-state index is 0.0263. The number of halogens is 1. The van der Waals surface area contributed by atoms with Crippen LogP contribution in [-0.2, 0) is 11.3 Å². The normalized spacial score (nSPS) is 21.0. The predicted molar refractivity (Wildman–Crippen MR) is 82.4 cm³/mol. The summed E-state index contributed by atoms with van der Waals surface area (Å²) in [5.41, 5.74) is 0.814. The maximum Gasteiger partial charge on any atom is 0.267 e. The van der Waals surface area contributed by atoms with Crippen LogP contribution in [0.2, 0.25) is 0 Å². The molecule has 0 amide bonds. The van der Waals surface area contributed by atoms with Crippen molar-refractivity contribution in [3.8, 4) is 0 Å². The molecule has 2 rings (SSSR count). The number of aromatic nitrogens is 2. The van der Waals surface area contributed by atoms with Gasteiger partial charge in [-0.1, -0.05) is 0 Å². The third-order valence-electron chi connectivity index (χ3n) is 3.46. The molecule has 0 saturated carbocycles. The second-order valence-corrected chi connectivity index (χ2v) is 6.26. The Morgan fingerprint density at radius 2 is 2.32 bits per heavy atom. The smallest absolute Gasteiger partial charge is 0.267 e. The summed E-state index contributed by atoms with van der Waals surface area (Å²) in [5, 5.41) is 0. The summed E-state index contributed by atoms with van der Waals surface area (Å²) in [6.45, 7) is 9.36. The summed E-state index contributed by atoms with van der Waals surface area (Å²) in [7, 11) is 0. The first-order valence-corrected chi connectivity index (χ1v) is 7.64. The number of rotatable bonds is 3. The highest BCUT2D eigenvalue weighted by Gasteiger charge is 2.23. The van der Waals surface area contributed by atoms with E-state index in [-0.39, 0.29) is 11.7 Å². The zero-order valence-electron chi connectivity index (χ0n) is 11.6. The van der Waals surface area contributed by atoms with Crippen LogP contribution in [0.25, 0.3) is 0 Å². The molecule has 5 nitrogen and oxygen atoms in total. The lowest BCUT2D eigenvalue weighted by Gasteiger charge is -2.35. The summed E-state index contributed by atoms with van der Waals surface area (Å²) in [4.78, 5) is 18.8. The fraction of sp³-hybridized carbons (Fsp3) is 0.692. The van der Waals surface area contributed by atoms with Crippen LogP contribution >= 0.6 is 22.6 Å². The largest absolute Gasteiger partial charge is 0.374 e. The summed E-state index contributed by atoms with van der Waals surface area (Å²) in [6, 6.07) is 0.513. The topological polar surface area (TPSA) is 47.4 Å². The van der Waals surface area contributed by atoms with Crippen LogP contribution < -0.4 is 5.56 Å². The van der Waals surface area contributed by atoms with E-state index in [2.05, 4.69) is 46.3 Å². The van der Waals surface area contributed by atoms with Crippen LogP contribution in [0.1, 0.15) is 19.5 Å². The van der Waals surface area contributed by atoms with E-state index < -0.39 is 0 Å². The molecular weight excluding hydrogens is 357 g/mol. The summed E-state index contributed by atoms with van der Waals surface area (Å²) in [6.07, 6.45) is 1.69. The monoisotopic (exact) mass is 377 g/mol. The molecule has 19 heavy (non-hydrogen) atoms. The molecule has 0 spiro atoms. The van der Waals surface area contributed by atoms with Gasteiger partial charge in [0.25, 0.3) is 5.56 Å². The van der Waals surface area contributed by atoms with E-state index in [0.717, 1.165) is 25.4 Å². The molecule has 0 N–H and O–H groups in total. The van der Waals surface area contributed by atoms with Crippen molar-refractivity contribution in [2.75, 3.05) is 19.7 Å². The van der Waals surface area contributed by atoms with E-state index in [4.69, 9.17) is 4.74 Å². The molecule has 6 heteroatoms. The van der Waals surface area contributed by atoms with Gasteiger partial charge in [-0.2, -0.15) is 0 Å². The van der Waals surface area contributed by atoms with Gasteiger partial charge in [0.2, 0.25) is 0 Å². The highest BCUT2D eigenvalue weighted by atomic mass is 127. The number of ether oxygens (including phenoxy) is 1. The van der Waals surface area contributed by atoms with E-state index in [0.29, 0.717) is 16.2 Å². The molecule has 0 aromatic carbocycles. The average molecular weight is 377 g/mol.